The average Bonchev–Trinajstić information content (AvgIpc) is 1.88. The maximum Gasteiger partial charge on any atom is 0.0186 e. The first-order valence-electron chi connectivity index (χ1n) is 2.62. The molecule has 1 aromatic rings. The summed E-state index contributed by atoms with van der Waals surface area (Å²) < 4.78 is 1.15. The molecule has 0 saturated heterocycles. The van der Waals surface area contributed by atoms with Gasteiger partial charge in [0.15, 0.2) is 0 Å². The Morgan fingerprint density at radius 2 is 2.22 bits per heavy atom. The minimum absolute atomic E-state index is 1.15. The molecule has 48 valence electrons. The Morgan fingerprint density at radius 3 is 2.67 bits per heavy atom. The average molecular weight is 209 g/mol. The monoisotopic (exact) mass is 208 g/mol. The highest BCUT2D eigenvalue weighted by molar-refractivity contribution is 9.10. The van der Waals surface area contributed by atoms with Crippen molar-refractivity contribution < 1.29 is 0 Å². The van der Waals surface area contributed by atoms with E-state index < -0.39 is 0 Å². The Balaban J connectivity index is 2.94. The van der Waals surface area contributed by atoms with E-state index in [0.717, 1.165) is 4.47 Å². The summed E-state index contributed by atoms with van der Waals surface area (Å²) in [5, 5.41) is 0. The van der Waals surface area contributed by atoms with E-state index in [-0.39, 0.29) is 0 Å². The van der Waals surface area contributed by atoms with Gasteiger partial charge in [-0.15, -0.1) is 11.8 Å². The zero-order valence-electron chi connectivity index (χ0n) is 5.10. The fourth-order valence-corrected chi connectivity index (χ4v) is 1.60. The van der Waals surface area contributed by atoms with E-state index in [9.17, 15) is 0 Å². The van der Waals surface area contributed by atoms with Gasteiger partial charge >= 0.3 is 0 Å². The van der Waals surface area contributed by atoms with Crippen molar-refractivity contribution in [2.24, 2.45) is 0 Å². The SMILES string of the molecule is CS[13c]1[13cH][13cH][13cH][13c](Br)[13cH]1. The first-order chi connectivity index (χ1) is 4.33. The second-order valence-electron chi connectivity index (χ2n) is 1.66. The van der Waals surface area contributed by atoms with E-state index in [2.05, 4.69) is 34.3 Å². The first-order valence-corrected chi connectivity index (χ1v) is 4.64. The number of rotatable bonds is 1. The molecule has 0 spiro atoms. The Kier molecular flexibility index (Phi) is 2.61. The Labute approximate surface area is 67.8 Å². The van der Waals surface area contributed by atoms with Crippen LogP contribution in [0.1, 0.15) is 0 Å². The second kappa shape index (κ2) is 3.28. The standard InChI is InChI=1S/C7H7BrS/c1-9-7-4-2-3-6(8)5-7/h2-5H,1H3/i2+1,3+1,4+1,5+1,6+1,7+1. The molecule has 0 N–H and O–H groups in total. The lowest BCUT2D eigenvalue weighted by atomic mass is 11.4. The highest BCUT2D eigenvalue weighted by atomic mass is 79.9. The molecule has 0 saturated carbocycles. The highest BCUT2D eigenvalue weighted by Crippen LogP contribution is 2.18. The van der Waals surface area contributed by atoms with Gasteiger partial charge in [-0.05, 0) is 24.5 Å². The van der Waals surface area contributed by atoms with Gasteiger partial charge in [-0.2, -0.15) is 0 Å². The topological polar surface area (TPSA) is 0 Å². The summed E-state index contributed by atoms with van der Waals surface area (Å²) in [6, 6.07) is 8.26. The van der Waals surface area contributed by atoms with E-state index in [4.69, 9.17) is 0 Å². The minimum Gasteiger partial charge on any atom is -0.130 e. The molecule has 9 heavy (non-hydrogen) atoms. The quantitative estimate of drug-likeness (QED) is 0.640. The lowest BCUT2D eigenvalue weighted by Gasteiger charge is -1.93. The number of benzene rings is 1. The fraction of sp³-hybridized carbons (Fsp3) is 0.143. The molecule has 0 aliphatic heterocycles. The van der Waals surface area contributed by atoms with Gasteiger partial charge in [0, 0.05) is 9.37 Å². The predicted octanol–water partition coefficient (Wildman–Crippen LogP) is 3.17. The molecule has 0 amide bonds. The molecule has 0 nitrogen and oxygen atoms in total. The van der Waals surface area contributed by atoms with Crippen molar-refractivity contribution in [2.45, 2.75) is 4.90 Å². The van der Waals surface area contributed by atoms with Crippen molar-refractivity contribution in [2.75, 3.05) is 6.26 Å². The molecule has 0 aliphatic carbocycles. The molecule has 0 unspecified atom stereocenters. The van der Waals surface area contributed by atoms with Gasteiger partial charge in [0.25, 0.3) is 0 Å². The van der Waals surface area contributed by atoms with Crippen LogP contribution >= 0.6 is 27.7 Å². The summed E-state index contributed by atoms with van der Waals surface area (Å²) in [7, 11) is 0. The van der Waals surface area contributed by atoms with Gasteiger partial charge in [-0.25, -0.2) is 0 Å². The predicted molar refractivity (Wildman–Crippen MR) is 45.9 cm³/mol. The van der Waals surface area contributed by atoms with Crippen LogP contribution in [0.25, 0.3) is 0 Å². The fourth-order valence-electron chi connectivity index (χ4n) is 0.594. The molecule has 0 heterocycles. The third-order valence-electron chi connectivity index (χ3n) is 1.03. The molecular weight excluding hydrogens is 202 g/mol. The molecule has 0 radical (unpaired) electrons. The van der Waals surface area contributed by atoms with Crippen molar-refractivity contribution in [1.82, 2.24) is 0 Å². The van der Waals surface area contributed by atoms with E-state index in [1.807, 2.05) is 12.1 Å². The van der Waals surface area contributed by atoms with Crippen LogP contribution in [0.3, 0.4) is 0 Å². The zero-order valence-corrected chi connectivity index (χ0v) is 7.50. The summed E-state index contributed by atoms with van der Waals surface area (Å²) in [5.41, 5.74) is 0. The maximum absolute atomic E-state index is 3.39. The van der Waals surface area contributed by atoms with Gasteiger partial charge in [0.05, 0.1) is 0 Å². The van der Waals surface area contributed by atoms with Crippen LogP contribution < -0.4 is 0 Å². The third-order valence-corrected chi connectivity index (χ3v) is 2.25. The van der Waals surface area contributed by atoms with Crippen molar-refractivity contribution >= 4 is 27.7 Å². The number of hydrogen-bond donors (Lipinski definition) is 0. The van der Waals surface area contributed by atoms with Crippen molar-refractivity contribution in [1.29, 1.82) is 0 Å². The number of thioether (sulfide) groups is 1. The van der Waals surface area contributed by atoms with Gasteiger partial charge < -0.3 is 0 Å². The summed E-state index contributed by atoms with van der Waals surface area (Å²) in [5.74, 6) is 0. The summed E-state index contributed by atoms with van der Waals surface area (Å²) in [6.07, 6.45) is 2.07. The molecule has 0 bridgehead atoms. The molecule has 0 atom stereocenters. The van der Waals surface area contributed by atoms with Crippen LogP contribution in [0.2, 0.25) is 0 Å². The van der Waals surface area contributed by atoms with E-state index in [0.29, 0.717) is 0 Å². The normalized spacial score (nSPS) is 9.56. The highest BCUT2D eigenvalue weighted by Gasteiger charge is 1.87. The summed E-state index contributed by atoms with van der Waals surface area (Å²) >= 11 is 5.14. The van der Waals surface area contributed by atoms with E-state index in [1.54, 1.807) is 11.8 Å². The van der Waals surface area contributed by atoms with E-state index in [1.165, 1.54) is 4.90 Å². The third kappa shape index (κ3) is 2.03. The number of halogens is 1. The summed E-state index contributed by atoms with van der Waals surface area (Å²) in [4.78, 5) is 1.30. The second-order valence-corrected chi connectivity index (χ2v) is 3.46. The van der Waals surface area contributed by atoms with Crippen LogP contribution in [0.4, 0.5) is 0 Å². The van der Waals surface area contributed by atoms with Crippen LogP contribution in [0.5, 0.6) is 0 Å². The lowest BCUT2D eigenvalue weighted by molar-refractivity contribution is 1.44. The molecule has 1 rings (SSSR count). The van der Waals surface area contributed by atoms with Crippen LogP contribution in [0, 0.1) is 0 Å². The first kappa shape index (κ1) is 7.16. The molecule has 0 aliphatic rings. The maximum atomic E-state index is 3.39. The minimum atomic E-state index is 1.15. The largest absolute Gasteiger partial charge is 0.130 e. The van der Waals surface area contributed by atoms with Crippen LogP contribution in [-0.4, -0.2) is 6.26 Å². The Morgan fingerprint density at radius 1 is 1.44 bits per heavy atom. The van der Waals surface area contributed by atoms with Crippen LogP contribution in [-0.2, 0) is 0 Å². The van der Waals surface area contributed by atoms with Crippen molar-refractivity contribution in [3.63, 3.8) is 0 Å². The van der Waals surface area contributed by atoms with Gasteiger partial charge in [0.1, 0.15) is 0 Å². The summed E-state index contributed by atoms with van der Waals surface area (Å²) in [6.45, 7) is 0. The van der Waals surface area contributed by atoms with Crippen molar-refractivity contribution in [3.05, 3.63) is 28.7 Å². The smallest absolute Gasteiger partial charge is 0.0186 e. The van der Waals surface area contributed by atoms with E-state index >= 15 is 0 Å². The Bertz CT molecular complexity index is 198. The molecular formula is C7H7BrS. The van der Waals surface area contributed by atoms with Gasteiger partial charge in [0.2, 0.25) is 0 Å². The van der Waals surface area contributed by atoms with Gasteiger partial charge in [-0.3, -0.25) is 0 Å². The van der Waals surface area contributed by atoms with Crippen molar-refractivity contribution in [3.8, 4) is 0 Å². The van der Waals surface area contributed by atoms with Gasteiger partial charge in [-0.1, -0.05) is 22.0 Å². The lowest BCUT2D eigenvalue weighted by Crippen LogP contribution is -1.66. The number of hydrogen-bond acceptors (Lipinski definition) is 1. The molecule has 0 fully saturated rings. The van der Waals surface area contributed by atoms with Crippen LogP contribution in [0.15, 0.2) is 33.6 Å². The Hall–Kier alpha value is 0.0500. The molecule has 0 aromatic heterocycles. The molecule has 1 aromatic carbocycles. The zero-order chi connectivity index (χ0) is 6.69. The molecule has 2 heteroatoms.